The van der Waals surface area contributed by atoms with Crippen molar-refractivity contribution in [3.8, 4) is 0 Å². The van der Waals surface area contributed by atoms with Gasteiger partial charge in [-0.15, -0.1) is 22.7 Å². The smallest absolute Gasteiger partial charge is 0.215 e. The predicted octanol–water partition coefficient (Wildman–Crippen LogP) is 8.13. The summed E-state index contributed by atoms with van der Waals surface area (Å²) in [5.74, 6) is 0.951. The molecule has 0 spiro atoms. The van der Waals surface area contributed by atoms with E-state index in [1.54, 1.807) is 0 Å². The molecule has 0 unspecified atom stereocenters. The number of nitrogens with zero attached hydrogens (tertiary/aromatic N) is 3. The maximum Gasteiger partial charge on any atom is 0.215 e. The summed E-state index contributed by atoms with van der Waals surface area (Å²) < 4.78 is 2.70. The minimum absolute atomic E-state index is 0.951. The van der Waals surface area contributed by atoms with Crippen molar-refractivity contribution in [2.24, 2.45) is 0 Å². The van der Waals surface area contributed by atoms with Crippen LogP contribution in [0.1, 0.15) is 51.0 Å². The Labute approximate surface area is 187 Å². The third-order valence-corrected chi connectivity index (χ3v) is 7.70. The van der Waals surface area contributed by atoms with E-state index < -0.39 is 0 Å². The summed E-state index contributed by atoms with van der Waals surface area (Å²) in [5.41, 5.74) is 3.78. The number of rotatable bonds is 8. The summed E-state index contributed by atoms with van der Waals surface area (Å²) in [7, 11) is 0. The lowest BCUT2D eigenvalue weighted by Gasteiger charge is -2.19. The fourth-order valence-electron chi connectivity index (χ4n) is 4.32. The molecule has 0 atom stereocenters. The van der Waals surface area contributed by atoms with Crippen molar-refractivity contribution in [1.29, 1.82) is 0 Å². The molecule has 0 amide bonds. The largest absolute Gasteiger partial charge is 0.338 e. The third-order valence-electron chi connectivity index (χ3n) is 5.85. The number of thiophene rings is 2. The number of hydrogen-bond acceptors (Lipinski definition) is 5. The average Bonchev–Trinajstić information content (AvgIpc) is 3.47. The van der Waals surface area contributed by atoms with Crippen molar-refractivity contribution in [2.45, 2.75) is 52.4 Å². The van der Waals surface area contributed by atoms with Crippen molar-refractivity contribution in [3.05, 3.63) is 53.5 Å². The van der Waals surface area contributed by atoms with Gasteiger partial charge < -0.3 is 4.90 Å². The van der Waals surface area contributed by atoms with Crippen LogP contribution in [-0.4, -0.2) is 11.5 Å². The maximum absolute atomic E-state index is 4.69. The zero-order valence-corrected chi connectivity index (χ0v) is 19.3. The molecule has 0 bridgehead atoms. The van der Waals surface area contributed by atoms with Crippen LogP contribution >= 0.6 is 22.7 Å². The molecule has 5 rings (SSSR count). The van der Waals surface area contributed by atoms with Crippen LogP contribution in [0.5, 0.6) is 0 Å². The molecule has 0 saturated heterocycles. The number of hydrogen-bond donors (Lipinski definition) is 0. The van der Waals surface area contributed by atoms with Gasteiger partial charge in [0, 0.05) is 23.5 Å². The molecule has 1 aliphatic heterocycles. The number of fused-ring (bicyclic) bond motifs is 6. The second kappa shape index (κ2) is 8.56. The molecule has 0 aliphatic carbocycles. The highest BCUT2D eigenvalue weighted by molar-refractivity contribution is 7.20. The first-order valence-electron chi connectivity index (χ1n) is 10.9. The summed E-state index contributed by atoms with van der Waals surface area (Å²) in [6, 6.07) is 8.74. The van der Waals surface area contributed by atoms with Crippen LogP contribution in [0.3, 0.4) is 0 Å². The van der Waals surface area contributed by atoms with Crippen LogP contribution in [0.2, 0.25) is 0 Å². The average molecular weight is 434 g/mol. The lowest BCUT2D eigenvalue weighted by molar-refractivity contribution is 0.607. The zero-order chi connectivity index (χ0) is 20.5. The Kier molecular flexibility index (Phi) is 5.66. The molecule has 3 aromatic heterocycles. The molecule has 2 radical (unpaired) electrons. The maximum atomic E-state index is 4.69. The van der Waals surface area contributed by atoms with E-state index >= 15 is 0 Å². The number of aryl methyl sites for hydroxylation is 1. The first-order chi connectivity index (χ1) is 14.8. The van der Waals surface area contributed by atoms with Gasteiger partial charge in [0.15, 0.2) is 0 Å². The minimum atomic E-state index is 0.951. The molecule has 0 fully saturated rings. The van der Waals surface area contributed by atoms with Gasteiger partial charge in [0.05, 0.1) is 20.8 Å². The van der Waals surface area contributed by atoms with Gasteiger partial charge in [-0.25, -0.2) is 4.98 Å². The van der Waals surface area contributed by atoms with Crippen molar-refractivity contribution in [1.82, 2.24) is 4.98 Å². The molecule has 4 aromatic rings. The SMILES string of the molecule is CCCCCCCCN1[C]N(c2cc(C)ccn2)c2c1c1sccc1c1ccsc21. The molecule has 0 N–H and O–H groups in total. The van der Waals surface area contributed by atoms with E-state index in [9.17, 15) is 0 Å². The Balaban J connectivity index is 1.54. The van der Waals surface area contributed by atoms with Gasteiger partial charge in [0.1, 0.15) is 5.82 Å². The van der Waals surface area contributed by atoms with Gasteiger partial charge in [-0.1, -0.05) is 39.0 Å². The summed E-state index contributed by atoms with van der Waals surface area (Å²) in [5, 5.41) is 7.14. The Morgan fingerprint density at radius 3 is 2.33 bits per heavy atom. The number of benzene rings is 1. The van der Waals surface area contributed by atoms with E-state index in [1.165, 1.54) is 75.6 Å². The van der Waals surface area contributed by atoms with Crippen LogP contribution in [0, 0.1) is 13.6 Å². The molecule has 154 valence electrons. The van der Waals surface area contributed by atoms with E-state index in [-0.39, 0.29) is 0 Å². The number of aromatic nitrogens is 1. The fraction of sp³-hybridized carbons (Fsp3) is 0.360. The van der Waals surface area contributed by atoms with Crippen LogP contribution < -0.4 is 9.80 Å². The standard InChI is InChI=1S/C25H27N3S2/c1-3-4-5-6-7-8-13-27-17-28(21-16-18(2)9-12-26-21)23-22(27)24-19(10-14-29-24)20-11-15-30-25(20)23/h9-12,14-16H,3-8,13H2,1-2H3. The van der Waals surface area contributed by atoms with Gasteiger partial charge in [0.25, 0.3) is 0 Å². The first kappa shape index (κ1) is 19.8. The predicted molar refractivity (Wildman–Crippen MR) is 132 cm³/mol. The van der Waals surface area contributed by atoms with E-state index in [2.05, 4.69) is 70.3 Å². The van der Waals surface area contributed by atoms with Gasteiger partial charge in [-0.2, -0.15) is 0 Å². The lowest BCUT2D eigenvalue weighted by Crippen LogP contribution is -2.23. The third kappa shape index (κ3) is 3.48. The molecule has 5 heteroatoms. The Hall–Kier alpha value is -2.11. The van der Waals surface area contributed by atoms with Crippen LogP contribution in [0.15, 0.2) is 41.2 Å². The highest BCUT2D eigenvalue weighted by atomic mass is 32.1. The van der Waals surface area contributed by atoms with Crippen LogP contribution in [0.25, 0.3) is 20.2 Å². The topological polar surface area (TPSA) is 19.4 Å². The monoisotopic (exact) mass is 433 g/mol. The molecule has 1 aliphatic rings. The van der Waals surface area contributed by atoms with Gasteiger partial charge in [0.2, 0.25) is 6.67 Å². The normalized spacial score (nSPS) is 13.7. The van der Waals surface area contributed by atoms with Crippen molar-refractivity contribution in [2.75, 3.05) is 16.3 Å². The molecule has 30 heavy (non-hydrogen) atoms. The molecule has 0 saturated carbocycles. The quantitative estimate of drug-likeness (QED) is 0.261. The summed E-state index contributed by atoms with van der Waals surface area (Å²) in [6.45, 7) is 9.09. The molecular formula is C25H27N3S2. The Morgan fingerprint density at radius 2 is 1.60 bits per heavy atom. The molecule has 4 heterocycles. The lowest BCUT2D eigenvalue weighted by atomic mass is 10.1. The van der Waals surface area contributed by atoms with E-state index in [1.807, 2.05) is 28.9 Å². The molecular weight excluding hydrogens is 406 g/mol. The number of unbranched alkanes of at least 4 members (excludes halogenated alkanes) is 5. The van der Waals surface area contributed by atoms with Crippen LogP contribution in [-0.2, 0) is 0 Å². The second-order valence-corrected chi connectivity index (χ2v) is 9.90. The minimum Gasteiger partial charge on any atom is -0.338 e. The van der Waals surface area contributed by atoms with E-state index in [0.717, 1.165) is 12.4 Å². The van der Waals surface area contributed by atoms with Crippen molar-refractivity contribution in [3.63, 3.8) is 0 Å². The number of pyridine rings is 1. The molecule has 1 aromatic carbocycles. The van der Waals surface area contributed by atoms with Crippen molar-refractivity contribution < 1.29 is 0 Å². The molecule has 3 nitrogen and oxygen atoms in total. The first-order valence-corrected chi connectivity index (χ1v) is 12.7. The fourth-order valence-corrected chi connectivity index (χ4v) is 6.23. The Morgan fingerprint density at radius 1 is 0.900 bits per heavy atom. The van der Waals surface area contributed by atoms with Gasteiger partial charge in [-0.05, 0) is 53.9 Å². The zero-order valence-electron chi connectivity index (χ0n) is 17.6. The highest BCUT2D eigenvalue weighted by Gasteiger charge is 2.34. The van der Waals surface area contributed by atoms with E-state index in [0.29, 0.717) is 0 Å². The van der Waals surface area contributed by atoms with Gasteiger partial charge >= 0.3 is 0 Å². The highest BCUT2D eigenvalue weighted by Crippen LogP contribution is 2.54. The van der Waals surface area contributed by atoms with E-state index in [4.69, 9.17) is 0 Å². The summed E-state index contributed by atoms with van der Waals surface area (Å²) in [4.78, 5) is 9.24. The van der Waals surface area contributed by atoms with Gasteiger partial charge in [-0.3, -0.25) is 4.90 Å². The van der Waals surface area contributed by atoms with Crippen LogP contribution in [0.4, 0.5) is 17.2 Å². The number of anilines is 3. The second-order valence-electron chi connectivity index (χ2n) is 8.07. The Bertz CT molecular complexity index is 1160. The van der Waals surface area contributed by atoms with Crippen molar-refractivity contribution >= 4 is 60.0 Å². The summed E-state index contributed by atoms with van der Waals surface area (Å²) in [6.07, 6.45) is 9.71. The summed E-state index contributed by atoms with van der Waals surface area (Å²) >= 11 is 3.66.